The summed E-state index contributed by atoms with van der Waals surface area (Å²) in [6, 6.07) is 0.359. The Labute approximate surface area is 86.2 Å². The van der Waals surface area contributed by atoms with Crippen LogP contribution in [0, 0.1) is 0 Å². The monoisotopic (exact) mass is 199 g/mol. The fraction of sp³-hybridized carbons (Fsp3) is 0.900. The van der Waals surface area contributed by atoms with Gasteiger partial charge in [0.2, 0.25) is 5.91 Å². The van der Waals surface area contributed by atoms with Crippen molar-refractivity contribution in [1.82, 2.24) is 15.1 Å². The third-order valence-corrected chi connectivity index (χ3v) is 2.74. The SMILES string of the molecule is CNCCC(=O)N1CCN(C)CC1C. The van der Waals surface area contributed by atoms with Crippen molar-refractivity contribution in [3.8, 4) is 0 Å². The van der Waals surface area contributed by atoms with E-state index in [-0.39, 0.29) is 5.91 Å². The molecule has 0 aromatic carbocycles. The normalized spacial score (nSPS) is 23.9. The lowest BCUT2D eigenvalue weighted by Gasteiger charge is -2.38. The number of amides is 1. The van der Waals surface area contributed by atoms with Crippen LogP contribution in [-0.4, -0.2) is 62.0 Å². The lowest BCUT2D eigenvalue weighted by molar-refractivity contribution is -0.135. The summed E-state index contributed by atoms with van der Waals surface area (Å²) in [7, 11) is 3.98. The van der Waals surface area contributed by atoms with Crippen LogP contribution in [0.5, 0.6) is 0 Å². The van der Waals surface area contributed by atoms with E-state index in [0.29, 0.717) is 12.5 Å². The molecule has 1 atom stereocenters. The molecule has 14 heavy (non-hydrogen) atoms. The van der Waals surface area contributed by atoms with Gasteiger partial charge < -0.3 is 15.1 Å². The highest BCUT2D eigenvalue weighted by Crippen LogP contribution is 2.08. The van der Waals surface area contributed by atoms with Gasteiger partial charge in [-0.1, -0.05) is 0 Å². The number of carbonyl (C=O) groups excluding carboxylic acids is 1. The van der Waals surface area contributed by atoms with Crippen LogP contribution in [0.3, 0.4) is 0 Å². The molecular weight excluding hydrogens is 178 g/mol. The lowest BCUT2D eigenvalue weighted by atomic mass is 10.2. The molecule has 82 valence electrons. The predicted molar refractivity (Wildman–Crippen MR) is 57.2 cm³/mol. The number of nitrogens with zero attached hydrogens (tertiary/aromatic N) is 2. The van der Waals surface area contributed by atoms with E-state index in [1.807, 2.05) is 11.9 Å². The summed E-state index contributed by atoms with van der Waals surface area (Å²) in [6.45, 7) is 5.76. The van der Waals surface area contributed by atoms with Gasteiger partial charge in [0, 0.05) is 38.6 Å². The first-order chi connectivity index (χ1) is 6.65. The molecule has 1 saturated heterocycles. The Kier molecular flexibility index (Phi) is 4.35. The summed E-state index contributed by atoms with van der Waals surface area (Å²) in [5.41, 5.74) is 0. The standard InChI is InChI=1S/C10H21N3O/c1-9-8-12(3)6-7-13(9)10(14)4-5-11-2/h9,11H,4-8H2,1-3H3. The summed E-state index contributed by atoms with van der Waals surface area (Å²) >= 11 is 0. The number of likely N-dealkylation sites (N-methyl/N-ethyl adjacent to an activating group) is 1. The summed E-state index contributed by atoms with van der Waals surface area (Å²) in [6.07, 6.45) is 0.616. The van der Waals surface area contributed by atoms with Gasteiger partial charge in [-0.3, -0.25) is 4.79 Å². The number of hydrogen-bond donors (Lipinski definition) is 1. The molecule has 0 aliphatic carbocycles. The van der Waals surface area contributed by atoms with Gasteiger partial charge in [-0.15, -0.1) is 0 Å². The predicted octanol–water partition coefficient (Wildman–Crippen LogP) is -0.242. The second-order valence-corrected chi connectivity index (χ2v) is 4.05. The van der Waals surface area contributed by atoms with Crippen molar-refractivity contribution in [2.45, 2.75) is 19.4 Å². The molecule has 4 nitrogen and oxygen atoms in total. The van der Waals surface area contributed by atoms with Crippen LogP contribution >= 0.6 is 0 Å². The van der Waals surface area contributed by atoms with Crippen molar-refractivity contribution in [2.75, 3.05) is 40.3 Å². The second kappa shape index (κ2) is 5.32. The molecule has 0 radical (unpaired) electrons. The lowest BCUT2D eigenvalue weighted by Crippen LogP contribution is -2.53. The molecule has 0 aromatic rings. The molecule has 0 aromatic heterocycles. The Morgan fingerprint density at radius 1 is 1.50 bits per heavy atom. The zero-order chi connectivity index (χ0) is 10.6. The summed E-state index contributed by atoms with van der Waals surface area (Å²) in [5.74, 6) is 0.278. The molecule has 1 rings (SSSR count). The molecule has 1 amide bonds. The van der Waals surface area contributed by atoms with Gasteiger partial charge in [0.1, 0.15) is 0 Å². The molecular formula is C10H21N3O. The highest BCUT2D eigenvalue weighted by atomic mass is 16.2. The van der Waals surface area contributed by atoms with Gasteiger partial charge in [-0.05, 0) is 21.0 Å². The van der Waals surface area contributed by atoms with E-state index in [1.165, 1.54) is 0 Å². The fourth-order valence-electron chi connectivity index (χ4n) is 1.89. The average molecular weight is 199 g/mol. The molecule has 1 unspecified atom stereocenters. The van der Waals surface area contributed by atoms with Crippen LogP contribution in [0.4, 0.5) is 0 Å². The largest absolute Gasteiger partial charge is 0.337 e. The number of rotatable bonds is 3. The first kappa shape index (κ1) is 11.5. The summed E-state index contributed by atoms with van der Waals surface area (Å²) in [5, 5.41) is 3.00. The van der Waals surface area contributed by atoms with Gasteiger partial charge >= 0.3 is 0 Å². The van der Waals surface area contributed by atoms with Crippen molar-refractivity contribution in [3.05, 3.63) is 0 Å². The molecule has 1 aliphatic heterocycles. The molecule has 1 aliphatic rings. The van der Waals surface area contributed by atoms with Crippen molar-refractivity contribution in [1.29, 1.82) is 0 Å². The maximum Gasteiger partial charge on any atom is 0.224 e. The Hall–Kier alpha value is -0.610. The quantitative estimate of drug-likeness (QED) is 0.681. The van der Waals surface area contributed by atoms with E-state index in [1.54, 1.807) is 0 Å². The first-order valence-corrected chi connectivity index (χ1v) is 5.27. The van der Waals surface area contributed by atoms with E-state index in [0.717, 1.165) is 26.2 Å². The van der Waals surface area contributed by atoms with E-state index < -0.39 is 0 Å². The van der Waals surface area contributed by atoms with Crippen molar-refractivity contribution >= 4 is 5.91 Å². The minimum atomic E-state index is 0.278. The minimum Gasteiger partial charge on any atom is -0.337 e. The van der Waals surface area contributed by atoms with Gasteiger partial charge in [-0.2, -0.15) is 0 Å². The van der Waals surface area contributed by atoms with Gasteiger partial charge in [-0.25, -0.2) is 0 Å². The van der Waals surface area contributed by atoms with Crippen molar-refractivity contribution in [3.63, 3.8) is 0 Å². The maximum absolute atomic E-state index is 11.7. The Bertz CT molecular complexity index is 196. The van der Waals surface area contributed by atoms with E-state index in [4.69, 9.17) is 0 Å². The molecule has 1 heterocycles. The van der Waals surface area contributed by atoms with Crippen LogP contribution in [0.15, 0.2) is 0 Å². The number of piperazine rings is 1. The summed E-state index contributed by atoms with van der Waals surface area (Å²) in [4.78, 5) is 16.0. The molecule has 0 bridgehead atoms. The summed E-state index contributed by atoms with van der Waals surface area (Å²) < 4.78 is 0. The van der Waals surface area contributed by atoms with Crippen LogP contribution < -0.4 is 5.32 Å². The van der Waals surface area contributed by atoms with Gasteiger partial charge in [0.25, 0.3) is 0 Å². The Morgan fingerprint density at radius 2 is 2.21 bits per heavy atom. The third-order valence-electron chi connectivity index (χ3n) is 2.74. The van der Waals surface area contributed by atoms with E-state index in [2.05, 4.69) is 24.2 Å². The fourth-order valence-corrected chi connectivity index (χ4v) is 1.89. The number of nitrogens with one attached hydrogen (secondary N) is 1. The number of carbonyl (C=O) groups is 1. The van der Waals surface area contributed by atoms with Crippen molar-refractivity contribution in [2.24, 2.45) is 0 Å². The topological polar surface area (TPSA) is 35.6 Å². The smallest absolute Gasteiger partial charge is 0.224 e. The molecule has 0 saturated carbocycles. The molecule has 4 heteroatoms. The van der Waals surface area contributed by atoms with Crippen LogP contribution in [0.25, 0.3) is 0 Å². The maximum atomic E-state index is 11.7. The molecule has 0 spiro atoms. The zero-order valence-electron chi connectivity index (χ0n) is 9.42. The second-order valence-electron chi connectivity index (χ2n) is 4.05. The minimum absolute atomic E-state index is 0.278. The van der Waals surface area contributed by atoms with Crippen molar-refractivity contribution < 1.29 is 4.79 Å². The average Bonchev–Trinajstić information content (AvgIpc) is 2.14. The molecule has 1 fully saturated rings. The third kappa shape index (κ3) is 2.96. The molecule has 1 N–H and O–H groups in total. The first-order valence-electron chi connectivity index (χ1n) is 5.27. The van der Waals surface area contributed by atoms with Gasteiger partial charge in [0.15, 0.2) is 0 Å². The number of hydrogen-bond acceptors (Lipinski definition) is 3. The van der Waals surface area contributed by atoms with Crippen LogP contribution in [-0.2, 0) is 4.79 Å². The van der Waals surface area contributed by atoms with E-state index >= 15 is 0 Å². The Morgan fingerprint density at radius 3 is 2.79 bits per heavy atom. The highest BCUT2D eigenvalue weighted by molar-refractivity contribution is 5.76. The van der Waals surface area contributed by atoms with Gasteiger partial charge in [0.05, 0.1) is 0 Å². The Balaban J connectivity index is 2.39. The van der Waals surface area contributed by atoms with Crippen LogP contribution in [0.1, 0.15) is 13.3 Å². The van der Waals surface area contributed by atoms with E-state index in [9.17, 15) is 4.79 Å². The highest BCUT2D eigenvalue weighted by Gasteiger charge is 2.24. The zero-order valence-corrected chi connectivity index (χ0v) is 9.42. The van der Waals surface area contributed by atoms with Crippen LogP contribution in [0.2, 0.25) is 0 Å².